The van der Waals surface area contributed by atoms with Crippen molar-refractivity contribution in [3.05, 3.63) is 89.5 Å². The molecule has 0 bridgehead atoms. The standard InChI is InChI=1S/C22H24B3O6/c26-23-31-22-9-3-6-18(15-22)12-19(10-16-4-1-7-20(13-16)24(27)28)11-17-5-2-8-21(14-17)25(29)30/h1-9,13-15,19,26-30H,10-12H2. The summed E-state index contributed by atoms with van der Waals surface area (Å²) in [6, 6.07) is 21.9. The van der Waals surface area contributed by atoms with Crippen LogP contribution in [0, 0.1) is 5.92 Å². The van der Waals surface area contributed by atoms with Gasteiger partial charge in [-0.3, -0.25) is 0 Å². The van der Waals surface area contributed by atoms with Crippen molar-refractivity contribution in [3.63, 3.8) is 0 Å². The highest BCUT2D eigenvalue weighted by molar-refractivity contribution is 6.58. The third kappa shape index (κ3) is 6.99. The van der Waals surface area contributed by atoms with Gasteiger partial charge in [-0.15, -0.1) is 0 Å². The summed E-state index contributed by atoms with van der Waals surface area (Å²) in [7, 11) is -2.40. The summed E-state index contributed by atoms with van der Waals surface area (Å²) >= 11 is 0. The van der Waals surface area contributed by atoms with Crippen LogP contribution in [-0.2, 0) is 19.3 Å². The Bertz CT molecular complexity index is 929. The Morgan fingerprint density at radius 2 is 1.13 bits per heavy atom. The second kappa shape index (κ2) is 11.2. The van der Waals surface area contributed by atoms with Gasteiger partial charge in [0.2, 0.25) is 0 Å². The van der Waals surface area contributed by atoms with Crippen LogP contribution in [0.3, 0.4) is 0 Å². The largest absolute Gasteiger partial charge is 0.569 e. The molecule has 0 aliphatic carbocycles. The third-order valence-electron chi connectivity index (χ3n) is 5.16. The lowest BCUT2D eigenvalue weighted by Gasteiger charge is -2.19. The Balaban J connectivity index is 1.85. The first-order valence-electron chi connectivity index (χ1n) is 10.1. The fourth-order valence-corrected chi connectivity index (χ4v) is 3.78. The molecule has 0 aromatic heterocycles. The van der Waals surface area contributed by atoms with E-state index < -0.39 is 14.2 Å². The van der Waals surface area contributed by atoms with Gasteiger partial charge in [0, 0.05) is 0 Å². The Kier molecular flexibility index (Phi) is 8.34. The topological polar surface area (TPSA) is 110 Å². The zero-order valence-corrected chi connectivity index (χ0v) is 17.0. The summed E-state index contributed by atoms with van der Waals surface area (Å²) in [6.45, 7) is 0. The third-order valence-corrected chi connectivity index (χ3v) is 5.16. The van der Waals surface area contributed by atoms with E-state index >= 15 is 0 Å². The molecule has 0 saturated heterocycles. The van der Waals surface area contributed by atoms with E-state index in [2.05, 4.69) is 0 Å². The fraction of sp³-hybridized carbons (Fsp3) is 0.182. The molecule has 5 N–H and O–H groups in total. The van der Waals surface area contributed by atoms with E-state index in [0.717, 1.165) is 16.7 Å². The van der Waals surface area contributed by atoms with Crippen molar-refractivity contribution in [2.75, 3.05) is 0 Å². The van der Waals surface area contributed by atoms with Crippen LogP contribution in [0.2, 0.25) is 0 Å². The predicted molar refractivity (Wildman–Crippen MR) is 122 cm³/mol. The van der Waals surface area contributed by atoms with Gasteiger partial charge in [-0.1, -0.05) is 60.7 Å². The van der Waals surface area contributed by atoms with Crippen molar-refractivity contribution >= 4 is 32.8 Å². The smallest absolute Gasteiger partial charge is 0.537 e. The minimum Gasteiger partial charge on any atom is -0.537 e. The number of hydrogen-bond acceptors (Lipinski definition) is 6. The normalized spacial score (nSPS) is 10.8. The minimum atomic E-state index is -1.52. The molecule has 0 fully saturated rings. The van der Waals surface area contributed by atoms with E-state index in [9.17, 15) is 20.1 Å². The highest BCUT2D eigenvalue weighted by atomic mass is 16.5. The van der Waals surface area contributed by atoms with E-state index in [4.69, 9.17) is 9.68 Å². The van der Waals surface area contributed by atoms with Crippen molar-refractivity contribution in [3.8, 4) is 5.75 Å². The van der Waals surface area contributed by atoms with Crippen LogP contribution in [0.15, 0.2) is 72.8 Å². The van der Waals surface area contributed by atoms with Crippen molar-refractivity contribution in [2.24, 2.45) is 5.92 Å². The van der Waals surface area contributed by atoms with E-state index in [-0.39, 0.29) is 5.92 Å². The highest BCUT2D eigenvalue weighted by Crippen LogP contribution is 2.22. The lowest BCUT2D eigenvalue weighted by molar-refractivity contribution is 0.424. The monoisotopic (exact) mass is 417 g/mol. The molecule has 0 heterocycles. The van der Waals surface area contributed by atoms with Gasteiger partial charge in [0.1, 0.15) is 5.75 Å². The Labute approximate surface area is 183 Å². The van der Waals surface area contributed by atoms with Crippen LogP contribution >= 0.6 is 0 Å². The molecule has 157 valence electrons. The molecule has 0 aliphatic heterocycles. The first-order chi connectivity index (χ1) is 14.9. The van der Waals surface area contributed by atoms with Crippen LogP contribution < -0.4 is 15.6 Å². The molecule has 3 rings (SSSR count). The quantitative estimate of drug-likeness (QED) is 0.288. The summed E-state index contributed by atoms with van der Waals surface area (Å²) in [5, 5.41) is 46.8. The molecule has 0 atom stereocenters. The molecule has 0 amide bonds. The highest BCUT2D eigenvalue weighted by Gasteiger charge is 2.17. The van der Waals surface area contributed by atoms with Crippen molar-refractivity contribution in [2.45, 2.75) is 19.3 Å². The molecule has 3 aromatic carbocycles. The number of benzene rings is 3. The van der Waals surface area contributed by atoms with Crippen molar-refractivity contribution in [1.82, 2.24) is 0 Å². The van der Waals surface area contributed by atoms with Gasteiger partial charge in [-0.05, 0) is 64.9 Å². The maximum absolute atomic E-state index is 9.49. The summed E-state index contributed by atoms with van der Waals surface area (Å²) in [4.78, 5) is 0. The van der Waals surface area contributed by atoms with E-state index in [1.807, 2.05) is 30.3 Å². The molecule has 9 heteroatoms. The molecular formula is C22H24B3O6. The molecular weight excluding hydrogens is 393 g/mol. The van der Waals surface area contributed by atoms with Crippen LogP contribution in [0.25, 0.3) is 0 Å². The summed E-state index contributed by atoms with van der Waals surface area (Å²) in [6.07, 6.45) is 2.08. The van der Waals surface area contributed by atoms with Crippen molar-refractivity contribution in [1.29, 1.82) is 0 Å². The van der Waals surface area contributed by atoms with E-state index in [1.54, 1.807) is 42.5 Å². The van der Waals surface area contributed by atoms with Crippen LogP contribution in [0.4, 0.5) is 0 Å². The lowest BCUT2D eigenvalue weighted by atomic mass is 9.77. The summed E-state index contributed by atoms with van der Waals surface area (Å²) in [5.41, 5.74) is 3.86. The Hall–Kier alpha value is -2.55. The van der Waals surface area contributed by atoms with Gasteiger partial charge in [0.15, 0.2) is 0 Å². The number of hydrogen-bond donors (Lipinski definition) is 5. The molecule has 3 aromatic rings. The fourth-order valence-electron chi connectivity index (χ4n) is 3.78. The second-order valence-corrected chi connectivity index (χ2v) is 7.59. The van der Waals surface area contributed by atoms with Gasteiger partial charge < -0.3 is 29.8 Å². The zero-order chi connectivity index (χ0) is 22.2. The van der Waals surface area contributed by atoms with Gasteiger partial charge >= 0.3 is 21.9 Å². The van der Waals surface area contributed by atoms with Gasteiger partial charge in [0.05, 0.1) is 0 Å². The molecule has 31 heavy (non-hydrogen) atoms. The maximum Gasteiger partial charge on any atom is 0.569 e. The first-order valence-corrected chi connectivity index (χ1v) is 10.1. The zero-order valence-electron chi connectivity index (χ0n) is 17.0. The average Bonchev–Trinajstić information content (AvgIpc) is 2.74. The van der Waals surface area contributed by atoms with E-state index in [0.29, 0.717) is 43.6 Å². The first kappa shape index (κ1) is 23.1. The molecule has 0 saturated carbocycles. The SMILES string of the molecule is O[B]Oc1cccc(CC(Cc2cccc(B(O)O)c2)Cc2cccc(B(O)O)c2)c1. The molecule has 0 spiro atoms. The average molecular weight is 417 g/mol. The lowest BCUT2D eigenvalue weighted by Crippen LogP contribution is -2.30. The number of rotatable bonds is 10. The summed E-state index contributed by atoms with van der Waals surface area (Å²) < 4.78 is 5.07. The Morgan fingerprint density at radius 1 is 0.677 bits per heavy atom. The van der Waals surface area contributed by atoms with Crippen LogP contribution in [0.1, 0.15) is 16.7 Å². The van der Waals surface area contributed by atoms with E-state index in [1.165, 1.54) is 0 Å². The van der Waals surface area contributed by atoms with Gasteiger partial charge in [0.25, 0.3) is 0 Å². The molecule has 0 unspecified atom stereocenters. The maximum atomic E-state index is 9.49. The van der Waals surface area contributed by atoms with Gasteiger partial charge in [-0.2, -0.15) is 0 Å². The molecule has 1 radical (unpaired) electrons. The van der Waals surface area contributed by atoms with Crippen LogP contribution in [-0.4, -0.2) is 47.0 Å². The van der Waals surface area contributed by atoms with Gasteiger partial charge in [-0.25, -0.2) is 0 Å². The van der Waals surface area contributed by atoms with Crippen molar-refractivity contribution < 1.29 is 29.8 Å². The molecule has 0 aliphatic rings. The van der Waals surface area contributed by atoms with Crippen LogP contribution in [0.5, 0.6) is 5.75 Å². The summed E-state index contributed by atoms with van der Waals surface area (Å²) in [5.74, 6) is 0.681. The Morgan fingerprint density at radius 3 is 1.58 bits per heavy atom. The molecule has 6 nitrogen and oxygen atoms in total. The predicted octanol–water partition coefficient (Wildman–Crippen LogP) is -0.404. The minimum absolute atomic E-state index is 0.144. The second-order valence-electron chi connectivity index (χ2n) is 7.59.